The zero-order valence-corrected chi connectivity index (χ0v) is 7.12. The van der Waals surface area contributed by atoms with Crippen molar-refractivity contribution in [3.63, 3.8) is 0 Å². The summed E-state index contributed by atoms with van der Waals surface area (Å²) in [6, 6.07) is -0.178. The molecule has 0 aliphatic heterocycles. The van der Waals surface area contributed by atoms with Crippen LogP contribution in [0.4, 0.5) is 0 Å². The number of nitrogens with two attached hydrogens (primary N) is 1. The number of primary amides is 1. The van der Waals surface area contributed by atoms with Crippen LogP contribution in [0.3, 0.4) is 0 Å². The number of thiol groups is 1. The largest absolute Gasteiger partial charge is 0.368 e. The van der Waals surface area contributed by atoms with Crippen molar-refractivity contribution in [2.24, 2.45) is 11.7 Å². The van der Waals surface area contributed by atoms with Crippen molar-refractivity contribution in [3.8, 4) is 0 Å². The number of carbonyl (C=O) groups is 1. The van der Waals surface area contributed by atoms with Crippen LogP contribution in [0.1, 0.15) is 12.8 Å². The normalized spacial score (nSPS) is 20.5. The fourth-order valence-electron chi connectivity index (χ4n) is 0.873. The van der Waals surface area contributed by atoms with Gasteiger partial charge >= 0.3 is 0 Å². The quantitative estimate of drug-likeness (QED) is 0.330. The lowest BCUT2D eigenvalue weighted by atomic mass is 10.2. The van der Waals surface area contributed by atoms with E-state index in [2.05, 4.69) is 16.4 Å². The van der Waals surface area contributed by atoms with Crippen LogP contribution in [0.15, 0.2) is 0 Å². The summed E-state index contributed by atoms with van der Waals surface area (Å²) in [7, 11) is 1.15. The molecule has 10 heavy (non-hydrogen) atoms. The fourth-order valence-corrected chi connectivity index (χ4v) is 1.64. The summed E-state index contributed by atoms with van der Waals surface area (Å²) in [4.78, 5) is 10.7. The van der Waals surface area contributed by atoms with Crippen molar-refractivity contribution in [2.45, 2.75) is 18.9 Å². The van der Waals surface area contributed by atoms with Gasteiger partial charge in [-0.3, -0.25) is 4.79 Å². The Balaban J connectivity index is 2.34. The van der Waals surface area contributed by atoms with Crippen molar-refractivity contribution in [1.82, 2.24) is 4.72 Å². The first kappa shape index (κ1) is 8.23. The van der Waals surface area contributed by atoms with Gasteiger partial charge in [0.25, 0.3) is 0 Å². The number of hydrogen-bond acceptors (Lipinski definition) is 4. The molecule has 1 atom stereocenters. The van der Waals surface area contributed by atoms with Crippen LogP contribution in [-0.4, -0.2) is 11.9 Å². The van der Waals surface area contributed by atoms with E-state index in [0.717, 1.165) is 23.8 Å². The monoisotopic (exact) mass is 178 g/mol. The van der Waals surface area contributed by atoms with E-state index in [1.807, 2.05) is 0 Å². The highest BCUT2D eigenvalue weighted by molar-refractivity contribution is 8.67. The van der Waals surface area contributed by atoms with E-state index in [0.29, 0.717) is 5.92 Å². The van der Waals surface area contributed by atoms with E-state index in [9.17, 15) is 4.79 Å². The Morgan fingerprint density at radius 2 is 2.40 bits per heavy atom. The summed E-state index contributed by atoms with van der Waals surface area (Å²) in [5.41, 5.74) is 5.11. The maximum atomic E-state index is 10.7. The number of hydrogen-bond donors (Lipinski definition) is 3. The van der Waals surface area contributed by atoms with Crippen molar-refractivity contribution in [2.75, 3.05) is 0 Å². The molecule has 5 heteroatoms. The molecule has 0 radical (unpaired) electrons. The Bertz CT molecular complexity index is 138. The maximum Gasteiger partial charge on any atom is 0.235 e. The zero-order valence-electron chi connectivity index (χ0n) is 5.41. The van der Waals surface area contributed by atoms with Gasteiger partial charge < -0.3 is 5.73 Å². The van der Waals surface area contributed by atoms with Crippen LogP contribution in [0.5, 0.6) is 0 Å². The molecule has 0 unspecified atom stereocenters. The van der Waals surface area contributed by atoms with Gasteiger partial charge in [-0.25, -0.2) is 4.72 Å². The first-order valence-corrected chi connectivity index (χ1v) is 4.98. The Morgan fingerprint density at radius 1 is 1.80 bits per heavy atom. The molecule has 1 fully saturated rings. The molecule has 0 heterocycles. The van der Waals surface area contributed by atoms with Gasteiger partial charge in [-0.2, -0.15) is 0 Å². The third kappa shape index (κ3) is 2.07. The Kier molecular flexibility index (Phi) is 2.88. The smallest absolute Gasteiger partial charge is 0.235 e. The molecule has 58 valence electrons. The molecule has 0 aromatic heterocycles. The van der Waals surface area contributed by atoms with Crippen LogP contribution in [0, 0.1) is 5.92 Å². The van der Waals surface area contributed by atoms with Gasteiger partial charge in [0.1, 0.15) is 0 Å². The maximum absolute atomic E-state index is 10.7. The molecule has 0 saturated heterocycles. The summed E-state index contributed by atoms with van der Waals surface area (Å²) in [5, 5.41) is 0. The number of carbonyl (C=O) groups excluding carboxylic acids is 1. The van der Waals surface area contributed by atoms with E-state index >= 15 is 0 Å². The Hall–Kier alpha value is 0.130. The molecule has 1 aliphatic carbocycles. The summed E-state index contributed by atoms with van der Waals surface area (Å²) >= 11 is 3.87. The summed E-state index contributed by atoms with van der Waals surface area (Å²) in [5.74, 6) is 0.182. The molecular formula is C5H10N2OS2. The lowest BCUT2D eigenvalue weighted by Gasteiger charge is -2.10. The summed E-state index contributed by atoms with van der Waals surface area (Å²) < 4.78 is 2.85. The first-order valence-electron chi connectivity index (χ1n) is 3.11. The van der Waals surface area contributed by atoms with E-state index in [-0.39, 0.29) is 11.9 Å². The molecule has 1 saturated carbocycles. The van der Waals surface area contributed by atoms with Crippen LogP contribution < -0.4 is 10.5 Å². The van der Waals surface area contributed by atoms with Crippen LogP contribution in [0.25, 0.3) is 0 Å². The van der Waals surface area contributed by atoms with Crippen molar-refractivity contribution in [3.05, 3.63) is 0 Å². The average molecular weight is 178 g/mol. The van der Waals surface area contributed by atoms with E-state index in [1.165, 1.54) is 0 Å². The molecule has 3 N–H and O–H groups in total. The van der Waals surface area contributed by atoms with Crippen LogP contribution in [0.2, 0.25) is 0 Å². The Morgan fingerprint density at radius 3 is 2.70 bits per heavy atom. The van der Waals surface area contributed by atoms with Crippen LogP contribution in [-0.2, 0) is 4.79 Å². The third-order valence-electron chi connectivity index (χ3n) is 1.58. The van der Waals surface area contributed by atoms with Gasteiger partial charge in [0.15, 0.2) is 0 Å². The second-order valence-electron chi connectivity index (χ2n) is 2.43. The van der Waals surface area contributed by atoms with Crippen LogP contribution >= 0.6 is 22.6 Å². The highest BCUT2D eigenvalue weighted by Crippen LogP contribution is 2.33. The summed E-state index contributed by atoms with van der Waals surface area (Å²) in [6.07, 6.45) is 2.21. The van der Waals surface area contributed by atoms with Crippen molar-refractivity contribution >= 4 is 28.5 Å². The highest BCUT2D eigenvalue weighted by Gasteiger charge is 2.34. The molecule has 3 nitrogen and oxygen atoms in total. The minimum atomic E-state index is -0.274. The standard InChI is InChI=1S/C5H10N2OS2/c6-5(8)4(7-10-9)3-1-2-3/h3-4,7,9H,1-2H2,(H2,6,8)/t4-/m0/s1. The van der Waals surface area contributed by atoms with Crippen molar-refractivity contribution < 1.29 is 4.79 Å². The number of nitrogens with one attached hydrogen (secondary N) is 1. The van der Waals surface area contributed by atoms with E-state index in [4.69, 9.17) is 5.73 Å². The van der Waals surface area contributed by atoms with Gasteiger partial charge in [0.2, 0.25) is 5.91 Å². The Labute approximate surface area is 69.1 Å². The second kappa shape index (κ2) is 3.50. The summed E-state index contributed by atoms with van der Waals surface area (Å²) in [6.45, 7) is 0. The lowest BCUT2D eigenvalue weighted by Crippen LogP contribution is -2.39. The minimum Gasteiger partial charge on any atom is -0.368 e. The third-order valence-corrected chi connectivity index (χ3v) is 2.26. The van der Waals surface area contributed by atoms with E-state index < -0.39 is 0 Å². The molecule has 1 amide bonds. The van der Waals surface area contributed by atoms with Gasteiger partial charge in [-0.15, -0.1) is 0 Å². The van der Waals surface area contributed by atoms with Gasteiger partial charge in [-0.05, 0) is 29.7 Å². The zero-order chi connectivity index (χ0) is 7.56. The molecule has 0 aromatic carbocycles. The first-order chi connectivity index (χ1) is 4.75. The van der Waals surface area contributed by atoms with Gasteiger partial charge in [-0.1, -0.05) is 11.7 Å². The van der Waals surface area contributed by atoms with Gasteiger partial charge in [0.05, 0.1) is 6.04 Å². The van der Waals surface area contributed by atoms with Gasteiger partial charge in [0, 0.05) is 0 Å². The molecule has 0 spiro atoms. The number of rotatable bonds is 4. The topological polar surface area (TPSA) is 55.1 Å². The molecule has 0 bridgehead atoms. The molecule has 1 rings (SSSR count). The second-order valence-corrected chi connectivity index (χ2v) is 3.39. The SMILES string of the molecule is NC(=O)[C@@H](NSS)C1CC1. The lowest BCUT2D eigenvalue weighted by molar-refractivity contribution is -0.119. The minimum absolute atomic E-state index is 0.178. The molecular weight excluding hydrogens is 168 g/mol. The molecule has 1 aliphatic rings. The van der Waals surface area contributed by atoms with E-state index in [1.54, 1.807) is 0 Å². The number of amides is 1. The predicted octanol–water partition coefficient (Wildman–Crippen LogP) is 0.333. The highest BCUT2D eigenvalue weighted by atomic mass is 33.1. The fraction of sp³-hybridized carbons (Fsp3) is 0.800. The average Bonchev–Trinajstić information content (AvgIpc) is 2.63. The predicted molar refractivity (Wildman–Crippen MR) is 45.4 cm³/mol. The van der Waals surface area contributed by atoms with Crippen molar-refractivity contribution in [1.29, 1.82) is 0 Å². The molecule has 0 aromatic rings.